The molecule has 0 aliphatic heterocycles. The molecule has 2 N–H and O–H groups in total. The lowest BCUT2D eigenvalue weighted by molar-refractivity contribution is 0.476. The van der Waals surface area contributed by atoms with Gasteiger partial charge < -0.3 is 10.6 Å². The molecule has 0 aliphatic carbocycles. The molecule has 0 heterocycles. The Bertz CT molecular complexity index is 70.0. The van der Waals surface area contributed by atoms with Crippen LogP contribution in [-0.4, -0.2) is 26.2 Å². The fourth-order valence-electron chi connectivity index (χ4n) is 1.15. The molecular weight excluding hydrogens is 136 g/mol. The topological polar surface area (TPSA) is 24.1 Å². The van der Waals surface area contributed by atoms with E-state index in [0.29, 0.717) is 0 Å². The highest BCUT2D eigenvalue weighted by molar-refractivity contribution is 4.61. The summed E-state index contributed by atoms with van der Waals surface area (Å²) in [5, 5.41) is 6.65. The van der Waals surface area contributed by atoms with Gasteiger partial charge in [-0.3, -0.25) is 0 Å². The second kappa shape index (κ2) is 8.02. The summed E-state index contributed by atoms with van der Waals surface area (Å²) >= 11 is 0. The Labute approximate surface area is 70.8 Å². The first-order valence-corrected chi connectivity index (χ1v) is 4.73. The van der Waals surface area contributed by atoms with Crippen molar-refractivity contribution in [3.05, 3.63) is 0 Å². The Morgan fingerprint density at radius 3 is 2.18 bits per heavy atom. The normalized spacial score (nSPS) is 10.9. The highest BCUT2D eigenvalue weighted by Crippen LogP contribution is 1.94. The molecule has 0 spiro atoms. The van der Waals surface area contributed by atoms with E-state index in [1.807, 2.05) is 7.05 Å². The standard InChI is InChI=1S/C9H22N2/c1-4-9(5-2)11-8-6-7-10-3/h9-11H,4-8H2,1-3H3. The molecule has 11 heavy (non-hydrogen) atoms. The van der Waals surface area contributed by atoms with E-state index in [1.54, 1.807) is 0 Å². The van der Waals surface area contributed by atoms with Crippen LogP contribution in [0.25, 0.3) is 0 Å². The van der Waals surface area contributed by atoms with Gasteiger partial charge in [0, 0.05) is 6.04 Å². The van der Waals surface area contributed by atoms with Crippen molar-refractivity contribution in [3.63, 3.8) is 0 Å². The molecule has 0 rings (SSSR count). The lowest BCUT2D eigenvalue weighted by atomic mass is 10.2. The van der Waals surface area contributed by atoms with Gasteiger partial charge in [-0.15, -0.1) is 0 Å². The summed E-state index contributed by atoms with van der Waals surface area (Å²) in [4.78, 5) is 0. The van der Waals surface area contributed by atoms with E-state index in [1.165, 1.54) is 19.3 Å². The summed E-state index contributed by atoms with van der Waals surface area (Å²) in [7, 11) is 2.00. The van der Waals surface area contributed by atoms with E-state index in [-0.39, 0.29) is 0 Å². The average molecular weight is 158 g/mol. The van der Waals surface area contributed by atoms with Gasteiger partial charge in [-0.25, -0.2) is 0 Å². The van der Waals surface area contributed by atoms with Gasteiger partial charge in [0.25, 0.3) is 0 Å². The van der Waals surface area contributed by atoms with Gasteiger partial charge in [0.2, 0.25) is 0 Å². The molecule has 2 heteroatoms. The Kier molecular flexibility index (Phi) is 7.96. The van der Waals surface area contributed by atoms with E-state index in [4.69, 9.17) is 0 Å². The zero-order valence-corrected chi connectivity index (χ0v) is 8.11. The van der Waals surface area contributed by atoms with Crippen LogP contribution in [0.15, 0.2) is 0 Å². The van der Waals surface area contributed by atoms with Crippen molar-refractivity contribution < 1.29 is 0 Å². The number of rotatable bonds is 7. The molecule has 0 fully saturated rings. The molecule has 0 saturated heterocycles. The summed E-state index contributed by atoms with van der Waals surface area (Å²) in [6.45, 7) is 6.73. The maximum absolute atomic E-state index is 3.51. The average Bonchev–Trinajstić information content (AvgIpc) is 2.05. The molecule has 0 unspecified atom stereocenters. The summed E-state index contributed by atoms with van der Waals surface area (Å²) in [6.07, 6.45) is 3.72. The number of hydrogen-bond donors (Lipinski definition) is 2. The van der Waals surface area contributed by atoms with E-state index in [2.05, 4.69) is 24.5 Å². The van der Waals surface area contributed by atoms with Gasteiger partial charge in [-0.2, -0.15) is 0 Å². The fraction of sp³-hybridized carbons (Fsp3) is 1.00. The van der Waals surface area contributed by atoms with E-state index in [9.17, 15) is 0 Å². The van der Waals surface area contributed by atoms with Crippen LogP contribution in [0.3, 0.4) is 0 Å². The number of hydrogen-bond acceptors (Lipinski definition) is 2. The van der Waals surface area contributed by atoms with Crippen LogP contribution in [-0.2, 0) is 0 Å². The second-order valence-electron chi connectivity index (χ2n) is 2.92. The van der Waals surface area contributed by atoms with Crippen LogP contribution in [0, 0.1) is 0 Å². The molecule has 68 valence electrons. The van der Waals surface area contributed by atoms with Crippen molar-refractivity contribution in [3.8, 4) is 0 Å². The molecule has 0 atom stereocenters. The van der Waals surface area contributed by atoms with E-state index >= 15 is 0 Å². The van der Waals surface area contributed by atoms with Gasteiger partial charge in [0.1, 0.15) is 0 Å². The zero-order valence-electron chi connectivity index (χ0n) is 8.11. The predicted molar refractivity (Wildman–Crippen MR) is 50.9 cm³/mol. The molecule has 0 radical (unpaired) electrons. The summed E-state index contributed by atoms with van der Waals surface area (Å²) in [6, 6.07) is 0.729. The van der Waals surface area contributed by atoms with Crippen LogP contribution in [0.1, 0.15) is 33.1 Å². The Balaban J connectivity index is 3.07. The van der Waals surface area contributed by atoms with Gasteiger partial charge in [0.05, 0.1) is 0 Å². The smallest absolute Gasteiger partial charge is 0.00618 e. The third-order valence-corrected chi connectivity index (χ3v) is 2.02. The Morgan fingerprint density at radius 2 is 1.73 bits per heavy atom. The minimum atomic E-state index is 0.729. The molecular formula is C9H22N2. The van der Waals surface area contributed by atoms with Gasteiger partial charge in [-0.05, 0) is 39.4 Å². The summed E-state index contributed by atoms with van der Waals surface area (Å²) < 4.78 is 0. The van der Waals surface area contributed by atoms with Crippen LogP contribution in [0.5, 0.6) is 0 Å². The predicted octanol–water partition coefficient (Wildman–Crippen LogP) is 1.37. The molecule has 0 saturated carbocycles. The first-order valence-electron chi connectivity index (χ1n) is 4.73. The SMILES string of the molecule is CCC(CC)NCCCNC. The molecule has 0 amide bonds. The van der Waals surface area contributed by atoms with Gasteiger partial charge in [0.15, 0.2) is 0 Å². The minimum Gasteiger partial charge on any atom is -0.320 e. The third kappa shape index (κ3) is 6.32. The lowest BCUT2D eigenvalue weighted by Crippen LogP contribution is -2.29. The largest absolute Gasteiger partial charge is 0.320 e. The van der Waals surface area contributed by atoms with E-state index in [0.717, 1.165) is 19.1 Å². The summed E-state index contributed by atoms with van der Waals surface area (Å²) in [5.74, 6) is 0. The summed E-state index contributed by atoms with van der Waals surface area (Å²) in [5.41, 5.74) is 0. The van der Waals surface area contributed by atoms with Crippen molar-refractivity contribution in [2.45, 2.75) is 39.2 Å². The van der Waals surface area contributed by atoms with Gasteiger partial charge in [-0.1, -0.05) is 13.8 Å². The maximum Gasteiger partial charge on any atom is 0.00618 e. The quantitative estimate of drug-likeness (QED) is 0.547. The first kappa shape index (κ1) is 10.9. The van der Waals surface area contributed by atoms with Crippen LogP contribution < -0.4 is 10.6 Å². The highest BCUT2D eigenvalue weighted by Gasteiger charge is 1.99. The third-order valence-electron chi connectivity index (χ3n) is 2.02. The Hall–Kier alpha value is -0.0800. The molecule has 0 aromatic rings. The highest BCUT2D eigenvalue weighted by atomic mass is 14.9. The van der Waals surface area contributed by atoms with E-state index < -0.39 is 0 Å². The molecule has 0 aliphatic rings. The van der Waals surface area contributed by atoms with Gasteiger partial charge >= 0.3 is 0 Å². The second-order valence-corrected chi connectivity index (χ2v) is 2.92. The Morgan fingerprint density at radius 1 is 1.09 bits per heavy atom. The lowest BCUT2D eigenvalue weighted by Gasteiger charge is -2.13. The van der Waals surface area contributed by atoms with Crippen molar-refractivity contribution >= 4 is 0 Å². The van der Waals surface area contributed by atoms with Crippen molar-refractivity contribution in [1.29, 1.82) is 0 Å². The van der Waals surface area contributed by atoms with Crippen molar-refractivity contribution in [2.24, 2.45) is 0 Å². The molecule has 2 nitrogen and oxygen atoms in total. The van der Waals surface area contributed by atoms with Crippen LogP contribution in [0.2, 0.25) is 0 Å². The molecule has 0 aromatic heterocycles. The van der Waals surface area contributed by atoms with Crippen LogP contribution in [0.4, 0.5) is 0 Å². The minimum absolute atomic E-state index is 0.729. The van der Waals surface area contributed by atoms with Crippen LogP contribution >= 0.6 is 0 Å². The molecule has 0 bridgehead atoms. The molecule has 0 aromatic carbocycles. The van der Waals surface area contributed by atoms with Crippen molar-refractivity contribution in [1.82, 2.24) is 10.6 Å². The fourth-order valence-corrected chi connectivity index (χ4v) is 1.15. The van der Waals surface area contributed by atoms with Crippen molar-refractivity contribution in [2.75, 3.05) is 20.1 Å². The maximum atomic E-state index is 3.51. The first-order chi connectivity index (χ1) is 5.35. The monoisotopic (exact) mass is 158 g/mol. The zero-order chi connectivity index (χ0) is 8.53. The number of nitrogens with one attached hydrogen (secondary N) is 2.